The minimum Gasteiger partial charge on any atom is -0.462 e. The molecule has 48 heavy (non-hydrogen) atoms. The molecule has 0 aliphatic rings. The van der Waals surface area contributed by atoms with Crippen molar-refractivity contribution >= 4 is 11.9 Å². The molecule has 0 saturated carbocycles. The van der Waals surface area contributed by atoms with Gasteiger partial charge in [-0.15, -0.1) is 0 Å². The van der Waals surface area contributed by atoms with Crippen LogP contribution in [0.3, 0.4) is 0 Å². The summed E-state index contributed by atoms with van der Waals surface area (Å²) in [4.78, 5) is 25.1. The summed E-state index contributed by atoms with van der Waals surface area (Å²) in [6.45, 7) is 2.74. The van der Waals surface area contributed by atoms with Gasteiger partial charge in [0, 0.05) is 12.8 Å². The van der Waals surface area contributed by atoms with E-state index in [0.717, 1.165) is 56.9 Å². The summed E-state index contributed by atoms with van der Waals surface area (Å²) in [6, 6.07) is 9.90. The van der Waals surface area contributed by atoms with Gasteiger partial charge in [0.1, 0.15) is 6.61 Å². The zero-order valence-electron chi connectivity index (χ0n) is 31.0. The number of esters is 2. The number of alkyl halides is 1. The molecule has 1 aromatic rings. The number of unbranched alkanes of at least 4 members (excludes halogenated alkanes) is 24. The van der Waals surface area contributed by atoms with Crippen molar-refractivity contribution in [2.45, 2.75) is 199 Å². The molecule has 278 valence electrons. The molecule has 6 heteroatoms. The molecule has 1 aromatic carbocycles. The average molecular weight is 677 g/mol. The zero-order chi connectivity index (χ0) is 34.6. The smallest absolute Gasteiger partial charge is 0.306 e. The van der Waals surface area contributed by atoms with Gasteiger partial charge in [-0.05, 0) is 24.8 Å². The van der Waals surface area contributed by atoms with Gasteiger partial charge in [0.25, 0.3) is 0 Å². The Morgan fingerprint density at radius 3 is 1.42 bits per heavy atom. The summed E-state index contributed by atoms with van der Waals surface area (Å²) in [7, 11) is 0. The van der Waals surface area contributed by atoms with Crippen molar-refractivity contribution < 1.29 is 28.2 Å². The minimum atomic E-state index is -0.595. The lowest BCUT2D eigenvalue weighted by Gasteiger charge is -2.18. The number of carbonyl (C=O) groups excluding carboxylic acids is 2. The van der Waals surface area contributed by atoms with Crippen molar-refractivity contribution in [3.8, 4) is 0 Å². The van der Waals surface area contributed by atoms with Gasteiger partial charge >= 0.3 is 11.9 Å². The number of ether oxygens (including phenoxy) is 3. The highest BCUT2D eigenvalue weighted by Crippen LogP contribution is 2.15. The highest BCUT2D eigenvalue weighted by Gasteiger charge is 2.18. The van der Waals surface area contributed by atoms with E-state index in [1.54, 1.807) is 0 Å². The van der Waals surface area contributed by atoms with E-state index in [4.69, 9.17) is 14.2 Å². The quantitative estimate of drug-likeness (QED) is 0.0523. The molecule has 0 aromatic heterocycles. The molecule has 0 heterocycles. The van der Waals surface area contributed by atoms with E-state index in [-0.39, 0.29) is 31.8 Å². The van der Waals surface area contributed by atoms with Crippen LogP contribution in [0.1, 0.15) is 192 Å². The largest absolute Gasteiger partial charge is 0.462 e. The minimum absolute atomic E-state index is 0.0355. The Bertz CT molecular complexity index is 833. The van der Waals surface area contributed by atoms with Gasteiger partial charge in [0.2, 0.25) is 0 Å². The lowest BCUT2D eigenvalue weighted by molar-refractivity contribution is -0.163. The SMILES string of the molecule is CCCCCCCCCCCCCCCC(=O)O[C@@H](COCc1ccccc1)COC(=O)CCCCCCCCCCCCCCCF. The zero-order valence-corrected chi connectivity index (χ0v) is 31.0. The van der Waals surface area contributed by atoms with E-state index in [1.165, 1.54) is 116 Å². The van der Waals surface area contributed by atoms with Crippen LogP contribution in [0.2, 0.25) is 0 Å². The fraction of sp³-hybridized carbons (Fsp3) is 0.810. The van der Waals surface area contributed by atoms with Crippen molar-refractivity contribution in [2.75, 3.05) is 19.9 Å². The van der Waals surface area contributed by atoms with Crippen molar-refractivity contribution in [1.82, 2.24) is 0 Å². The molecular formula is C42H73FO5. The number of hydrogen-bond donors (Lipinski definition) is 0. The van der Waals surface area contributed by atoms with Crippen molar-refractivity contribution in [3.63, 3.8) is 0 Å². The third kappa shape index (κ3) is 30.1. The second-order valence-corrected chi connectivity index (χ2v) is 13.8. The van der Waals surface area contributed by atoms with E-state index in [0.29, 0.717) is 19.4 Å². The molecule has 0 bridgehead atoms. The Morgan fingerprint density at radius 1 is 0.542 bits per heavy atom. The van der Waals surface area contributed by atoms with Gasteiger partial charge in [-0.25, -0.2) is 0 Å². The molecule has 0 aliphatic heterocycles. The first-order chi connectivity index (χ1) is 23.7. The van der Waals surface area contributed by atoms with E-state index in [2.05, 4.69) is 6.92 Å². The molecule has 0 aliphatic carbocycles. The molecule has 0 saturated heterocycles. The topological polar surface area (TPSA) is 61.8 Å². The van der Waals surface area contributed by atoms with Crippen LogP contribution in [0, 0.1) is 0 Å². The first-order valence-electron chi connectivity index (χ1n) is 20.2. The van der Waals surface area contributed by atoms with Gasteiger partial charge in [0.15, 0.2) is 6.10 Å². The Labute approximate surface area is 294 Å². The molecular weight excluding hydrogens is 603 g/mol. The van der Waals surface area contributed by atoms with E-state index < -0.39 is 6.10 Å². The summed E-state index contributed by atoms with van der Waals surface area (Å²) in [5, 5.41) is 0. The van der Waals surface area contributed by atoms with Crippen molar-refractivity contribution in [3.05, 3.63) is 35.9 Å². The van der Waals surface area contributed by atoms with Gasteiger partial charge in [-0.2, -0.15) is 0 Å². The number of carbonyl (C=O) groups is 2. The molecule has 0 fully saturated rings. The third-order valence-corrected chi connectivity index (χ3v) is 9.14. The Morgan fingerprint density at radius 2 is 0.958 bits per heavy atom. The normalized spacial score (nSPS) is 11.9. The predicted molar refractivity (Wildman–Crippen MR) is 198 cm³/mol. The van der Waals surface area contributed by atoms with Crippen LogP contribution in [0.4, 0.5) is 4.39 Å². The van der Waals surface area contributed by atoms with Crippen LogP contribution in [0.5, 0.6) is 0 Å². The lowest BCUT2D eigenvalue weighted by Crippen LogP contribution is -2.29. The van der Waals surface area contributed by atoms with Crippen molar-refractivity contribution in [1.29, 1.82) is 0 Å². The number of rotatable bonds is 36. The second-order valence-electron chi connectivity index (χ2n) is 13.8. The number of benzene rings is 1. The summed E-state index contributed by atoms with van der Waals surface area (Å²) < 4.78 is 29.2. The van der Waals surface area contributed by atoms with Gasteiger partial charge in [-0.3, -0.25) is 14.0 Å². The number of hydrogen-bond acceptors (Lipinski definition) is 5. The third-order valence-electron chi connectivity index (χ3n) is 9.14. The van der Waals surface area contributed by atoms with E-state index in [9.17, 15) is 14.0 Å². The van der Waals surface area contributed by atoms with Gasteiger partial charge in [-0.1, -0.05) is 185 Å². The Balaban J connectivity index is 2.16. The summed E-state index contributed by atoms with van der Waals surface area (Å²) in [6.07, 6.45) is 31.4. The van der Waals surface area contributed by atoms with Crippen molar-refractivity contribution in [2.24, 2.45) is 0 Å². The highest BCUT2D eigenvalue weighted by atomic mass is 19.1. The fourth-order valence-corrected chi connectivity index (χ4v) is 6.10. The Hall–Kier alpha value is -1.95. The first kappa shape index (κ1) is 44.1. The first-order valence-corrected chi connectivity index (χ1v) is 20.2. The van der Waals surface area contributed by atoms with Gasteiger partial charge in [0.05, 0.1) is 19.9 Å². The maximum atomic E-state index is 12.6. The van der Waals surface area contributed by atoms with Crippen LogP contribution < -0.4 is 0 Å². The standard InChI is InChI=1S/C42H73FO5/c1-2-3-4-5-6-7-8-10-14-17-20-23-29-34-42(45)48-40(37-46-36-39-31-26-25-27-32-39)38-47-41(44)33-28-22-19-16-13-11-9-12-15-18-21-24-30-35-43/h25-27,31-32,40H,2-24,28-30,33-38H2,1H3/t40-/m0/s1. The molecule has 0 N–H and O–H groups in total. The summed E-state index contributed by atoms with van der Waals surface area (Å²) in [5.74, 6) is -0.474. The molecule has 1 atom stereocenters. The fourth-order valence-electron chi connectivity index (χ4n) is 6.10. The Kier molecular flexibility index (Phi) is 32.0. The van der Waals surface area contributed by atoms with Crippen LogP contribution >= 0.6 is 0 Å². The van der Waals surface area contributed by atoms with E-state index in [1.807, 2.05) is 30.3 Å². The van der Waals surface area contributed by atoms with Crippen LogP contribution in [-0.4, -0.2) is 37.9 Å². The van der Waals surface area contributed by atoms with Crippen LogP contribution in [0.15, 0.2) is 30.3 Å². The average Bonchev–Trinajstić information content (AvgIpc) is 3.09. The summed E-state index contributed by atoms with van der Waals surface area (Å²) >= 11 is 0. The molecule has 0 radical (unpaired) electrons. The predicted octanol–water partition coefficient (Wildman–Crippen LogP) is 12.6. The van der Waals surface area contributed by atoms with Crippen LogP contribution in [-0.2, 0) is 30.4 Å². The monoisotopic (exact) mass is 677 g/mol. The summed E-state index contributed by atoms with van der Waals surface area (Å²) in [5.41, 5.74) is 1.05. The van der Waals surface area contributed by atoms with E-state index >= 15 is 0 Å². The van der Waals surface area contributed by atoms with Crippen LogP contribution in [0.25, 0.3) is 0 Å². The lowest BCUT2D eigenvalue weighted by atomic mass is 10.0. The maximum absolute atomic E-state index is 12.6. The maximum Gasteiger partial charge on any atom is 0.306 e. The molecule has 0 amide bonds. The molecule has 1 rings (SSSR count). The molecule has 5 nitrogen and oxygen atoms in total. The molecule has 0 unspecified atom stereocenters. The molecule has 0 spiro atoms. The highest BCUT2D eigenvalue weighted by molar-refractivity contribution is 5.70. The number of halogens is 1. The van der Waals surface area contributed by atoms with Gasteiger partial charge < -0.3 is 14.2 Å². The second kappa shape index (κ2) is 34.9.